The van der Waals surface area contributed by atoms with E-state index in [1.807, 2.05) is 0 Å². The Kier molecular flexibility index (Phi) is 3.83. The molecule has 2 heteroatoms. The highest BCUT2D eigenvalue weighted by atomic mass is 16.5. The number of para-hydroxylation sites is 1. The van der Waals surface area contributed by atoms with E-state index in [1.165, 1.54) is 36.8 Å². The molecule has 0 spiro atoms. The lowest BCUT2D eigenvalue weighted by atomic mass is 10.1. The SMILES string of the molecule is Cc1cccc(CCN)c1OC1CCCC1. The van der Waals surface area contributed by atoms with Gasteiger partial charge in [-0.15, -0.1) is 0 Å². The molecule has 2 N–H and O–H groups in total. The van der Waals surface area contributed by atoms with E-state index >= 15 is 0 Å². The fourth-order valence-corrected chi connectivity index (χ4v) is 2.41. The van der Waals surface area contributed by atoms with Gasteiger partial charge in [0.05, 0.1) is 6.10 Å². The molecule has 0 aromatic heterocycles. The fourth-order valence-electron chi connectivity index (χ4n) is 2.41. The summed E-state index contributed by atoms with van der Waals surface area (Å²) in [5.41, 5.74) is 8.12. The minimum absolute atomic E-state index is 0.428. The lowest BCUT2D eigenvalue weighted by Gasteiger charge is -2.18. The topological polar surface area (TPSA) is 35.2 Å². The molecule has 0 aliphatic heterocycles. The zero-order valence-corrected chi connectivity index (χ0v) is 10.0. The predicted octanol–water partition coefficient (Wildman–Crippen LogP) is 2.82. The van der Waals surface area contributed by atoms with E-state index in [4.69, 9.17) is 10.5 Å². The second-order valence-electron chi connectivity index (χ2n) is 4.63. The second kappa shape index (κ2) is 5.35. The van der Waals surface area contributed by atoms with Crippen molar-refractivity contribution in [1.82, 2.24) is 0 Å². The molecule has 1 saturated carbocycles. The van der Waals surface area contributed by atoms with Gasteiger partial charge in [-0.05, 0) is 56.7 Å². The van der Waals surface area contributed by atoms with Crippen LogP contribution >= 0.6 is 0 Å². The normalized spacial score (nSPS) is 16.6. The Morgan fingerprint density at radius 2 is 2.06 bits per heavy atom. The minimum atomic E-state index is 0.428. The smallest absolute Gasteiger partial charge is 0.125 e. The van der Waals surface area contributed by atoms with Crippen molar-refractivity contribution in [2.45, 2.75) is 45.1 Å². The lowest BCUT2D eigenvalue weighted by Crippen LogP contribution is -2.14. The Labute approximate surface area is 97.8 Å². The maximum Gasteiger partial charge on any atom is 0.125 e. The van der Waals surface area contributed by atoms with Crippen molar-refractivity contribution in [3.63, 3.8) is 0 Å². The summed E-state index contributed by atoms with van der Waals surface area (Å²) < 4.78 is 6.13. The summed E-state index contributed by atoms with van der Waals surface area (Å²) in [5.74, 6) is 1.08. The summed E-state index contributed by atoms with van der Waals surface area (Å²) in [4.78, 5) is 0. The van der Waals surface area contributed by atoms with Gasteiger partial charge in [0.1, 0.15) is 5.75 Å². The maximum atomic E-state index is 6.13. The van der Waals surface area contributed by atoms with Crippen molar-refractivity contribution in [2.75, 3.05) is 6.54 Å². The molecule has 1 aliphatic rings. The minimum Gasteiger partial charge on any atom is -0.490 e. The molecule has 0 amide bonds. The van der Waals surface area contributed by atoms with Crippen LogP contribution in [0.1, 0.15) is 36.8 Å². The van der Waals surface area contributed by atoms with Gasteiger partial charge in [-0.25, -0.2) is 0 Å². The zero-order valence-electron chi connectivity index (χ0n) is 10.0. The van der Waals surface area contributed by atoms with Crippen molar-refractivity contribution >= 4 is 0 Å². The highest BCUT2D eigenvalue weighted by Crippen LogP contribution is 2.29. The van der Waals surface area contributed by atoms with Gasteiger partial charge >= 0.3 is 0 Å². The van der Waals surface area contributed by atoms with E-state index in [1.54, 1.807) is 0 Å². The molecule has 0 atom stereocenters. The number of ether oxygens (including phenoxy) is 1. The Morgan fingerprint density at radius 3 is 2.75 bits per heavy atom. The van der Waals surface area contributed by atoms with Crippen LogP contribution in [0.15, 0.2) is 18.2 Å². The maximum absolute atomic E-state index is 6.13. The van der Waals surface area contributed by atoms with Crippen molar-refractivity contribution < 1.29 is 4.74 Å². The molecule has 0 radical (unpaired) electrons. The summed E-state index contributed by atoms with van der Waals surface area (Å²) in [7, 11) is 0. The highest BCUT2D eigenvalue weighted by molar-refractivity contribution is 5.41. The molecule has 0 saturated heterocycles. The average Bonchev–Trinajstić information content (AvgIpc) is 2.76. The molecule has 1 aromatic carbocycles. The molecule has 88 valence electrons. The Balaban J connectivity index is 2.16. The molecule has 0 bridgehead atoms. The summed E-state index contributed by atoms with van der Waals surface area (Å²) >= 11 is 0. The molecule has 16 heavy (non-hydrogen) atoms. The van der Waals surface area contributed by atoms with E-state index in [0.717, 1.165) is 12.2 Å². The van der Waals surface area contributed by atoms with Crippen LogP contribution in [-0.4, -0.2) is 12.6 Å². The van der Waals surface area contributed by atoms with Gasteiger partial charge in [-0.3, -0.25) is 0 Å². The largest absolute Gasteiger partial charge is 0.490 e. The standard InChI is InChI=1S/C14H21NO/c1-11-5-4-6-12(9-10-15)14(11)16-13-7-2-3-8-13/h4-6,13H,2-3,7-10,15H2,1H3. The van der Waals surface area contributed by atoms with Crippen LogP contribution in [0.25, 0.3) is 0 Å². The zero-order chi connectivity index (χ0) is 11.4. The molecule has 0 unspecified atom stereocenters. The third-order valence-corrected chi connectivity index (χ3v) is 3.29. The van der Waals surface area contributed by atoms with Gasteiger partial charge in [-0.2, -0.15) is 0 Å². The molecular formula is C14H21NO. The van der Waals surface area contributed by atoms with E-state index in [9.17, 15) is 0 Å². The monoisotopic (exact) mass is 219 g/mol. The summed E-state index contributed by atoms with van der Waals surface area (Å²) in [6.45, 7) is 2.80. The van der Waals surface area contributed by atoms with Gasteiger partial charge < -0.3 is 10.5 Å². The lowest BCUT2D eigenvalue weighted by molar-refractivity contribution is 0.206. The van der Waals surface area contributed by atoms with Crippen molar-refractivity contribution in [1.29, 1.82) is 0 Å². The molecular weight excluding hydrogens is 198 g/mol. The van der Waals surface area contributed by atoms with E-state index in [2.05, 4.69) is 25.1 Å². The van der Waals surface area contributed by atoms with Crippen LogP contribution < -0.4 is 10.5 Å². The number of nitrogens with two attached hydrogens (primary N) is 1. The number of rotatable bonds is 4. The predicted molar refractivity (Wildman–Crippen MR) is 66.8 cm³/mol. The number of hydrogen-bond acceptors (Lipinski definition) is 2. The Hall–Kier alpha value is -1.02. The number of benzene rings is 1. The first-order valence-corrected chi connectivity index (χ1v) is 6.26. The fraction of sp³-hybridized carbons (Fsp3) is 0.571. The molecule has 1 aliphatic carbocycles. The first kappa shape index (κ1) is 11.5. The summed E-state index contributed by atoms with van der Waals surface area (Å²) in [5, 5.41) is 0. The van der Waals surface area contributed by atoms with Gasteiger partial charge in [0, 0.05) is 0 Å². The van der Waals surface area contributed by atoms with Crippen LogP contribution in [0.5, 0.6) is 5.75 Å². The quantitative estimate of drug-likeness (QED) is 0.845. The van der Waals surface area contributed by atoms with Crippen LogP contribution in [-0.2, 0) is 6.42 Å². The van der Waals surface area contributed by atoms with E-state index in [-0.39, 0.29) is 0 Å². The van der Waals surface area contributed by atoms with Gasteiger partial charge in [-0.1, -0.05) is 18.2 Å². The summed E-state index contributed by atoms with van der Waals surface area (Å²) in [6, 6.07) is 6.33. The van der Waals surface area contributed by atoms with Crippen LogP contribution in [0.2, 0.25) is 0 Å². The first-order chi connectivity index (χ1) is 7.81. The number of hydrogen-bond donors (Lipinski definition) is 1. The molecule has 2 rings (SSSR count). The van der Waals surface area contributed by atoms with Crippen LogP contribution in [0.3, 0.4) is 0 Å². The molecule has 1 aromatic rings. The average molecular weight is 219 g/mol. The van der Waals surface area contributed by atoms with Gasteiger partial charge in [0.2, 0.25) is 0 Å². The van der Waals surface area contributed by atoms with Crippen molar-refractivity contribution in [3.8, 4) is 5.75 Å². The van der Waals surface area contributed by atoms with Crippen LogP contribution in [0, 0.1) is 6.92 Å². The van der Waals surface area contributed by atoms with Gasteiger partial charge in [0.25, 0.3) is 0 Å². The Bertz CT molecular complexity index is 343. The highest BCUT2D eigenvalue weighted by Gasteiger charge is 2.18. The van der Waals surface area contributed by atoms with Gasteiger partial charge in [0.15, 0.2) is 0 Å². The Morgan fingerprint density at radius 1 is 1.31 bits per heavy atom. The first-order valence-electron chi connectivity index (χ1n) is 6.26. The molecule has 0 heterocycles. The van der Waals surface area contributed by atoms with E-state index < -0.39 is 0 Å². The molecule has 1 fully saturated rings. The van der Waals surface area contributed by atoms with Crippen molar-refractivity contribution in [2.24, 2.45) is 5.73 Å². The summed E-state index contributed by atoms with van der Waals surface area (Å²) in [6.07, 6.45) is 6.36. The van der Waals surface area contributed by atoms with E-state index in [0.29, 0.717) is 12.6 Å². The molecule has 2 nitrogen and oxygen atoms in total. The third-order valence-electron chi connectivity index (χ3n) is 3.29. The van der Waals surface area contributed by atoms with Crippen LogP contribution in [0.4, 0.5) is 0 Å². The number of aryl methyl sites for hydroxylation is 1. The second-order valence-corrected chi connectivity index (χ2v) is 4.63. The van der Waals surface area contributed by atoms with Crippen molar-refractivity contribution in [3.05, 3.63) is 29.3 Å². The third kappa shape index (κ3) is 2.56.